The number of rotatable bonds is 2. The second-order valence-corrected chi connectivity index (χ2v) is 5.44. The first kappa shape index (κ1) is 11.8. The van der Waals surface area contributed by atoms with Gasteiger partial charge in [-0.15, -0.1) is 0 Å². The molecule has 0 heterocycles. The average Bonchev–Trinajstić information content (AvgIpc) is 2.28. The van der Waals surface area contributed by atoms with Crippen LogP contribution in [0.2, 0.25) is 0 Å². The molecular formula is C13H13NO2S. The molecule has 0 aliphatic rings. The van der Waals surface area contributed by atoms with Gasteiger partial charge in [-0.3, -0.25) is 0 Å². The van der Waals surface area contributed by atoms with Crippen molar-refractivity contribution >= 4 is 10.0 Å². The van der Waals surface area contributed by atoms with Gasteiger partial charge >= 0.3 is 0 Å². The number of aryl methyl sites for hydroxylation is 1. The molecule has 2 aromatic carbocycles. The molecule has 0 radical (unpaired) electrons. The highest BCUT2D eigenvalue weighted by Crippen LogP contribution is 2.26. The van der Waals surface area contributed by atoms with Gasteiger partial charge in [0.15, 0.2) is 0 Å². The Kier molecular flexibility index (Phi) is 3.00. The first-order valence-electron chi connectivity index (χ1n) is 5.17. The third kappa shape index (κ3) is 2.54. The standard InChI is InChI=1S/C13H13NO2S/c1-10-5-4-6-11(9-10)12-7-2-3-8-13(12)17(14,15)16/h2-9H,1H3,(H2,14,15,16). The van der Waals surface area contributed by atoms with Gasteiger partial charge in [0.25, 0.3) is 0 Å². The third-order valence-electron chi connectivity index (χ3n) is 2.52. The summed E-state index contributed by atoms with van der Waals surface area (Å²) in [5, 5.41) is 5.21. The predicted octanol–water partition coefficient (Wildman–Crippen LogP) is 2.31. The molecule has 88 valence electrons. The summed E-state index contributed by atoms with van der Waals surface area (Å²) in [5.41, 5.74) is 2.57. The zero-order chi connectivity index (χ0) is 12.5. The van der Waals surface area contributed by atoms with Crippen molar-refractivity contribution in [2.75, 3.05) is 0 Å². The number of nitrogens with two attached hydrogens (primary N) is 1. The maximum absolute atomic E-state index is 11.5. The lowest BCUT2D eigenvalue weighted by Crippen LogP contribution is -2.13. The molecule has 4 heteroatoms. The molecule has 2 rings (SSSR count). The van der Waals surface area contributed by atoms with Crippen LogP contribution >= 0.6 is 0 Å². The molecule has 2 aromatic rings. The molecule has 0 spiro atoms. The van der Waals surface area contributed by atoms with Gasteiger partial charge in [-0.25, -0.2) is 13.6 Å². The minimum Gasteiger partial charge on any atom is -0.225 e. The monoisotopic (exact) mass is 247 g/mol. The molecule has 0 aliphatic carbocycles. The molecule has 2 N–H and O–H groups in total. The van der Waals surface area contributed by atoms with Crippen LogP contribution in [0, 0.1) is 6.92 Å². The Hall–Kier alpha value is -1.65. The van der Waals surface area contributed by atoms with E-state index in [4.69, 9.17) is 5.14 Å². The van der Waals surface area contributed by atoms with Gasteiger partial charge in [0.1, 0.15) is 0 Å². The highest BCUT2D eigenvalue weighted by atomic mass is 32.2. The largest absolute Gasteiger partial charge is 0.238 e. The van der Waals surface area contributed by atoms with Gasteiger partial charge in [0.2, 0.25) is 10.0 Å². The van der Waals surface area contributed by atoms with Crippen LogP contribution < -0.4 is 5.14 Å². The van der Waals surface area contributed by atoms with Gasteiger partial charge in [-0.05, 0) is 18.6 Å². The Morgan fingerprint density at radius 1 is 1.00 bits per heavy atom. The summed E-state index contributed by atoms with van der Waals surface area (Å²) in [6.45, 7) is 1.96. The maximum Gasteiger partial charge on any atom is 0.238 e. The van der Waals surface area contributed by atoms with Crippen molar-refractivity contribution in [3.63, 3.8) is 0 Å². The van der Waals surface area contributed by atoms with Crippen LogP contribution in [0.4, 0.5) is 0 Å². The summed E-state index contributed by atoms with van der Waals surface area (Å²) in [4.78, 5) is 0.158. The van der Waals surface area contributed by atoms with E-state index in [1.54, 1.807) is 18.2 Å². The molecule has 17 heavy (non-hydrogen) atoms. The summed E-state index contributed by atoms with van der Waals surface area (Å²) in [6.07, 6.45) is 0. The highest BCUT2D eigenvalue weighted by molar-refractivity contribution is 7.89. The molecule has 3 nitrogen and oxygen atoms in total. The lowest BCUT2D eigenvalue weighted by molar-refractivity contribution is 0.598. The van der Waals surface area contributed by atoms with E-state index in [1.807, 2.05) is 31.2 Å². The van der Waals surface area contributed by atoms with Crippen LogP contribution in [0.15, 0.2) is 53.4 Å². The number of hydrogen-bond donors (Lipinski definition) is 1. The molecule has 0 aromatic heterocycles. The normalized spacial score (nSPS) is 11.4. The molecule has 0 atom stereocenters. The molecule has 0 amide bonds. The van der Waals surface area contributed by atoms with Gasteiger partial charge in [0.05, 0.1) is 4.90 Å². The van der Waals surface area contributed by atoms with E-state index in [1.165, 1.54) is 6.07 Å². The smallest absolute Gasteiger partial charge is 0.225 e. The van der Waals surface area contributed by atoms with Crippen LogP contribution in [0.25, 0.3) is 11.1 Å². The molecule has 0 bridgehead atoms. The third-order valence-corrected chi connectivity index (χ3v) is 3.49. The first-order valence-corrected chi connectivity index (χ1v) is 6.72. The fourth-order valence-electron chi connectivity index (χ4n) is 1.77. The fourth-order valence-corrected chi connectivity index (χ4v) is 2.53. The Balaban J connectivity index is 2.69. The predicted molar refractivity (Wildman–Crippen MR) is 68.0 cm³/mol. The van der Waals surface area contributed by atoms with E-state index in [-0.39, 0.29) is 4.90 Å². The molecule has 0 aliphatic heterocycles. The van der Waals surface area contributed by atoms with Gasteiger partial charge in [0, 0.05) is 5.56 Å². The zero-order valence-electron chi connectivity index (χ0n) is 9.42. The van der Waals surface area contributed by atoms with Crippen LogP contribution in [0.1, 0.15) is 5.56 Å². The van der Waals surface area contributed by atoms with E-state index < -0.39 is 10.0 Å². The summed E-state index contributed by atoms with van der Waals surface area (Å²) in [7, 11) is -3.69. The van der Waals surface area contributed by atoms with Crippen molar-refractivity contribution in [2.24, 2.45) is 5.14 Å². The van der Waals surface area contributed by atoms with Crippen molar-refractivity contribution in [2.45, 2.75) is 11.8 Å². The van der Waals surface area contributed by atoms with Crippen LogP contribution in [-0.2, 0) is 10.0 Å². The molecule has 0 saturated carbocycles. The Labute approximate surface area is 101 Å². The summed E-state index contributed by atoms with van der Waals surface area (Å²) in [6, 6.07) is 14.4. The minimum absolute atomic E-state index is 0.158. The fraction of sp³-hybridized carbons (Fsp3) is 0.0769. The van der Waals surface area contributed by atoms with E-state index in [9.17, 15) is 8.42 Å². The second kappa shape index (κ2) is 4.31. The molecule has 0 unspecified atom stereocenters. The SMILES string of the molecule is Cc1cccc(-c2ccccc2S(N)(=O)=O)c1. The summed E-state index contributed by atoms with van der Waals surface area (Å²) < 4.78 is 23.0. The number of sulfonamides is 1. The van der Waals surface area contributed by atoms with E-state index in [2.05, 4.69) is 0 Å². The summed E-state index contributed by atoms with van der Waals surface area (Å²) in [5.74, 6) is 0. The first-order chi connectivity index (χ1) is 7.98. The zero-order valence-corrected chi connectivity index (χ0v) is 10.2. The Bertz CT molecular complexity index is 648. The lowest BCUT2D eigenvalue weighted by atomic mass is 10.0. The van der Waals surface area contributed by atoms with Crippen molar-refractivity contribution < 1.29 is 8.42 Å². The van der Waals surface area contributed by atoms with E-state index in [0.29, 0.717) is 5.56 Å². The Morgan fingerprint density at radius 3 is 2.35 bits per heavy atom. The molecule has 0 saturated heterocycles. The number of benzene rings is 2. The topological polar surface area (TPSA) is 60.2 Å². The maximum atomic E-state index is 11.5. The number of primary sulfonamides is 1. The van der Waals surface area contributed by atoms with Crippen molar-refractivity contribution in [1.29, 1.82) is 0 Å². The van der Waals surface area contributed by atoms with Crippen LogP contribution in [0.5, 0.6) is 0 Å². The van der Waals surface area contributed by atoms with Crippen molar-refractivity contribution in [1.82, 2.24) is 0 Å². The lowest BCUT2D eigenvalue weighted by Gasteiger charge is -2.08. The minimum atomic E-state index is -3.69. The van der Waals surface area contributed by atoms with Gasteiger partial charge in [-0.1, -0.05) is 48.0 Å². The molecule has 0 fully saturated rings. The van der Waals surface area contributed by atoms with Crippen LogP contribution in [0.3, 0.4) is 0 Å². The number of hydrogen-bond acceptors (Lipinski definition) is 2. The van der Waals surface area contributed by atoms with E-state index >= 15 is 0 Å². The Morgan fingerprint density at radius 2 is 1.71 bits per heavy atom. The van der Waals surface area contributed by atoms with E-state index in [0.717, 1.165) is 11.1 Å². The average molecular weight is 247 g/mol. The second-order valence-electron chi connectivity index (χ2n) is 3.91. The molecular weight excluding hydrogens is 234 g/mol. The highest BCUT2D eigenvalue weighted by Gasteiger charge is 2.14. The summed E-state index contributed by atoms with van der Waals surface area (Å²) >= 11 is 0. The van der Waals surface area contributed by atoms with Gasteiger partial charge in [-0.2, -0.15) is 0 Å². The quantitative estimate of drug-likeness (QED) is 0.885. The van der Waals surface area contributed by atoms with Gasteiger partial charge < -0.3 is 0 Å². The van der Waals surface area contributed by atoms with Crippen molar-refractivity contribution in [3.8, 4) is 11.1 Å². The van der Waals surface area contributed by atoms with Crippen LogP contribution in [-0.4, -0.2) is 8.42 Å². The van der Waals surface area contributed by atoms with Crippen molar-refractivity contribution in [3.05, 3.63) is 54.1 Å².